The fourth-order valence-corrected chi connectivity index (χ4v) is 4.56. The zero-order valence-corrected chi connectivity index (χ0v) is 19.8. The first-order chi connectivity index (χ1) is 16.6. The number of carbonyl (C=O) groups excluding carboxylic acids is 1. The Morgan fingerprint density at radius 2 is 1.89 bits per heavy atom. The molecule has 1 aliphatic rings. The number of carboxylic acids is 1. The number of nitrogens with zero attached hydrogens (tertiary/aromatic N) is 1. The van der Waals surface area contributed by atoms with Crippen molar-refractivity contribution >= 4 is 23.5 Å². The molecule has 5 nitrogen and oxygen atoms in total. The van der Waals surface area contributed by atoms with Crippen molar-refractivity contribution in [2.75, 3.05) is 6.54 Å². The molecule has 182 valence electrons. The molecule has 1 N–H and O–H groups in total. The minimum absolute atomic E-state index is 0.0126. The minimum Gasteiger partial charge on any atom is -0.487 e. The largest absolute Gasteiger partial charge is 0.487 e. The van der Waals surface area contributed by atoms with Gasteiger partial charge in [0, 0.05) is 31.5 Å². The molecule has 1 heterocycles. The third kappa shape index (κ3) is 5.98. The molecule has 0 radical (unpaired) electrons. The minimum atomic E-state index is -1.03. The molecule has 0 saturated heterocycles. The molecule has 1 atom stereocenters. The molecule has 0 unspecified atom stereocenters. The third-order valence-electron chi connectivity index (χ3n) is 5.94. The number of benzene rings is 3. The molecule has 3 aromatic carbocycles. The van der Waals surface area contributed by atoms with Gasteiger partial charge in [0.2, 0.25) is 0 Å². The van der Waals surface area contributed by atoms with E-state index in [0.717, 1.165) is 11.1 Å². The van der Waals surface area contributed by atoms with E-state index in [1.54, 1.807) is 42.5 Å². The number of rotatable bonds is 8. The van der Waals surface area contributed by atoms with Gasteiger partial charge in [0.1, 0.15) is 23.0 Å². The number of hydrogen-bond acceptors (Lipinski definition) is 3. The first-order valence-corrected chi connectivity index (χ1v) is 11.5. The van der Waals surface area contributed by atoms with Crippen LogP contribution in [0.15, 0.2) is 60.7 Å². The maximum atomic E-state index is 13.6. The SMILES string of the molecule is C[C@@]1(Cc2ccc(F)c(Cl)c2)Cc2cc(C(=O)N(CCC(=O)O)Cc3cccc(F)c3)ccc2O1. The van der Waals surface area contributed by atoms with Crippen LogP contribution in [0.1, 0.15) is 40.4 Å². The summed E-state index contributed by atoms with van der Waals surface area (Å²) >= 11 is 5.92. The first-order valence-electron chi connectivity index (χ1n) is 11.1. The van der Waals surface area contributed by atoms with Gasteiger partial charge in [-0.05, 0) is 66.1 Å². The van der Waals surface area contributed by atoms with Gasteiger partial charge in [-0.2, -0.15) is 0 Å². The van der Waals surface area contributed by atoms with Crippen LogP contribution in [0, 0.1) is 11.6 Å². The lowest BCUT2D eigenvalue weighted by Gasteiger charge is -2.24. The van der Waals surface area contributed by atoms with Crippen molar-refractivity contribution in [2.24, 2.45) is 0 Å². The van der Waals surface area contributed by atoms with Crippen LogP contribution in [0.4, 0.5) is 8.78 Å². The second kappa shape index (κ2) is 10.0. The van der Waals surface area contributed by atoms with Gasteiger partial charge >= 0.3 is 5.97 Å². The molecule has 3 aromatic rings. The van der Waals surface area contributed by atoms with Crippen molar-refractivity contribution in [3.63, 3.8) is 0 Å². The fourth-order valence-electron chi connectivity index (χ4n) is 4.36. The summed E-state index contributed by atoms with van der Waals surface area (Å²) in [7, 11) is 0. The molecule has 0 saturated carbocycles. The monoisotopic (exact) mass is 499 g/mol. The smallest absolute Gasteiger partial charge is 0.305 e. The third-order valence-corrected chi connectivity index (χ3v) is 6.23. The number of hydrogen-bond donors (Lipinski definition) is 1. The maximum absolute atomic E-state index is 13.6. The van der Waals surface area contributed by atoms with Gasteiger partial charge in [-0.3, -0.25) is 9.59 Å². The molecule has 4 rings (SSSR count). The van der Waals surface area contributed by atoms with E-state index >= 15 is 0 Å². The van der Waals surface area contributed by atoms with E-state index in [1.165, 1.54) is 23.1 Å². The lowest BCUT2D eigenvalue weighted by atomic mass is 9.91. The van der Waals surface area contributed by atoms with E-state index in [9.17, 15) is 18.4 Å². The fraction of sp³-hybridized carbons (Fsp3) is 0.259. The van der Waals surface area contributed by atoms with Gasteiger partial charge < -0.3 is 14.7 Å². The molecule has 0 fully saturated rings. The van der Waals surface area contributed by atoms with Crippen LogP contribution in [0.25, 0.3) is 0 Å². The normalized spacial score (nSPS) is 16.5. The van der Waals surface area contributed by atoms with Gasteiger partial charge in [0.25, 0.3) is 5.91 Å². The van der Waals surface area contributed by atoms with Crippen LogP contribution in [-0.2, 0) is 24.2 Å². The van der Waals surface area contributed by atoms with E-state index in [0.29, 0.717) is 29.7 Å². The Labute approximate surface area is 206 Å². The molecule has 0 aliphatic carbocycles. The van der Waals surface area contributed by atoms with Gasteiger partial charge in [-0.25, -0.2) is 8.78 Å². The summed E-state index contributed by atoms with van der Waals surface area (Å²) in [5.74, 6) is -1.63. The van der Waals surface area contributed by atoms with Crippen LogP contribution >= 0.6 is 11.6 Å². The number of halogens is 3. The number of carbonyl (C=O) groups is 2. The topological polar surface area (TPSA) is 66.8 Å². The zero-order valence-electron chi connectivity index (χ0n) is 19.1. The highest BCUT2D eigenvalue weighted by molar-refractivity contribution is 6.30. The highest BCUT2D eigenvalue weighted by Crippen LogP contribution is 2.38. The molecule has 1 amide bonds. The standard InChI is InChI=1S/C27H24ClF2NO4/c1-27(14-17-5-7-23(30)22(28)12-17)15-20-13-19(6-8-24(20)35-27)26(34)31(10-9-25(32)33)16-18-3-2-4-21(29)11-18/h2-8,11-13H,9-10,14-16H2,1H3,(H,32,33)/t27-/m1/s1. The molecule has 0 bridgehead atoms. The van der Waals surface area contributed by atoms with E-state index in [-0.39, 0.29) is 30.4 Å². The summed E-state index contributed by atoms with van der Waals surface area (Å²) < 4.78 is 33.3. The summed E-state index contributed by atoms with van der Waals surface area (Å²) in [4.78, 5) is 25.9. The Hall–Kier alpha value is -3.45. The number of aliphatic carboxylic acids is 1. The highest BCUT2D eigenvalue weighted by atomic mass is 35.5. The highest BCUT2D eigenvalue weighted by Gasteiger charge is 2.35. The van der Waals surface area contributed by atoms with Crippen LogP contribution < -0.4 is 4.74 Å². The predicted octanol–water partition coefficient (Wildman–Crippen LogP) is 5.67. The van der Waals surface area contributed by atoms with Crippen molar-refractivity contribution in [2.45, 2.75) is 38.3 Å². The van der Waals surface area contributed by atoms with Crippen molar-refractivity contribution in [3.05, 3.63) is 99.6 Å². The molecule has 0 spiro atoms. The Morgan fingerprint density at radius 3 is 2.60 bits per heavy atom. The van der Waals surface area contributed by atoms with E-state index in [2.05, 4.69) is 0 Å². The van der Waals surface area contributed by atoms with Crippen LogP contribution in [-0.4, -0.2) is 34.0 Å². The van der Waals surface area contributed by atoms with Crippen molar-refractivity contribution in [3.8, 4) is 5.75 Å². The quantitative estimate of drug-likeness (QED) is 0.433. The summed E-state index contributed by atoms with van der Waals surface area (Å²) in [5.41, 5.74) is 2.03. The molecule has 1 aliphatic heterocycles. The number of fused-ring (bicyclic) bond motifs is 1. The van der Waals surface area contributed by atoms with Gasteiger partial charge in [0.05, 0.1) is 11.4 Å². The second-order valence-electron chi connectivity index (χ2n) is 8.98. The molecule has 8 heteroatoms. The van der Waals surface area contributed by atoms with Crippen LogP contribution in [0.3, 0.4) is 0 Å². The van der Waals surface area contributed by atoms with Crippen molar-refractivity contribution in [1.82, 2.24) is 4.90 Å². The maximum Gasteiger partial charge on any atom is 0.305 e. The van der Waals surface area contributed by atoms with E-state index in [1.807, 2.05) is 6.92 Å². The number of amides is 1. The molecule has 0 aromatic heterocycles. The second-order valence-corrected chi connectivity index (χ2v) is 9.38. The lowest BCUT2D eigenvalue weighted by Crippen LogP contribution is -2.33. The number of carboxylic acid groups (broad SMARTS) is 1. The van der Waals surface area contributed by atoms with Gasteiger partial charge in [0.15, 0.2) is 0 Å². The van der Waals surface area contributed by atoms with E-state index < -0.39 is 23.2 Å². The lowest BCUT2D eigenvalue weighted by molar-refractivity contribution is -0.137. The Morgan fingerprint density at radius 1 is 1.09 bits per heavy atom. The van der Waals surface area contributed by atoms with E-state index in [4.69, 9.17) is 21.4 Å². The predicted molar refractivity (Wildman–Crippen MR) is 128 cm³/mol. The summed E-state index contributed by atoms with van der Waals surface area (Å²) in [6.45, 7) is 2.01. The molecular formula is C27H24ClF2NO4. The van der Waals surface area contributed by atoms with Crippen LogP contribution in [0.2, 0.25) is 5.02 Å². The Kier molecular flexibility index (Phi) is 7.08. The average molecular weight is 500 g/mol. The average Bonchev–Trinajstić information content (AvgIpc) is 3.13. The molecule has 35 heavy (non-hydrogen) atoms. The molecular weight excluding hydrogens is 476 g/mol. The summed E-state index contributed by atoms with van der Waals surface area (Å²) in [6, 6.07) is 15.6. The summed E-state index contributed by atoms with van der Waals surface area (Å²) in [6.07, 6.45) is 0.792. The first kappa shape index (κ1) is 24.7. The van der Waals surface area contributed by atoms with Gasteiger partial charge in [-0.15, -0.1) is 0 Å². The van der Waals surface area contributed by atoms with Crippen LogP contribution in [0.5, 0.6) is 5.75 Å². The van der Waals surface area contributed by atoms with Crippen molar-refractivity contribution in [1.29, 1.82) is 0 Å². The Balaban J connectivity index is 1.53. The van der Waals surface area contributed by atoms with Crippen molar-refractivity contribution < 1.29 is 28.2 Å². The summed E-state index contributed by atoms with van der Waals surface area (Å²) in [5, 5.41) is 9.17. The number of ether oxygens (including phenoxy) is 1. The zero-order chi connectivity index (χ0) is 25.2. The Bertz CT molecular complexity index is 1280. The van der Waals surface area contributed by atoms with Gasteiger partial charge in [-0.1, -0.05) is 29.8 Å².